The first-order chi connectivity index (χ1) is 26.8. The Labute approximate surface area is 325 Å². The van der Waals surface area contributed by atoms with Crippen LogP contribution >= 0.6 is 0 Å². The van der Waals surface area contributed by atoms with Crippen molar-refractivity contribution in [3.8, 4) is 0 Å². The number of rotatable bonds is 15. The molecule has 2 amide bonds. The Bertz CT molecular complexity index is 1990. The summed E-state index contributed by atoms with van der Waals surface area (Å²) in [6, 6.07) is 20.8. The molecule has 3 N–H and O–H groups in total. The number of carbonyl (C=O) groups excluding carboxylic acids is 2. The summed E-state index contributed by atoms with van der Waals surface area (Å²) in [6.45, 7) is 8.86. The predicted octanol–water partition coefficient (Wildman–Crippen LogP) is 8.28. The molecule has 0 bridgehead atoms. The largest absolute Gasteiger partial charge is 0.387 e. The second kappa shape index (κ2) is 21.0. The van der Waals surface area contributed by atoms with E-state index in [9.17, 15) is 37.4 Å². The standard InChI is InChI=1S/C29H33F2N3O3.C15H15F2NO/c1-4-10-34(11-5-2)29(37)22-13-19(3)12-21(17-22)28(36)33-26(27(35)25-8-6-7-9-32-25)16-20-14-23(30)18-24(31)15-20;1-10(15(19)14-4-2-3-5-18-14)6-11-7-12(16)9-13(17)8-11/h6-9,12-15,17-18,26-27,35H,4-5,10-11,16H2,1-3H3,(H,33,36);2-5,7-10,15,19H,6H2,1H3/t26-,27+;10-,15?/m00/s1. The van der Waals surface area contributed by atoms with Gasteiger partial charge < -0.3 is 20.4 Å². The first-order valence-electron chi connectivity index (χ1n) is 18.6. The van der Waals surface area contributed by atoms with Gasteiger partial charge in [-0.1, -0.05) is 32.9 Å². The maximum absolute atomic E-state index is 13.8. The van der Waals surface area contributed by atoms with Gasteiger partial charge in [-0.2, -0.15) is 0 Å². The van der Waals surface area contributed by atoms with Gasteiger partial charge in [0.15, 0.2) is 0 Å². The summed E-state index contributed by atoms with van der Waals surface area (Å²) >= 11 is 0. The number of benzene rings is 3. The molecule has 0 aliphatic heterocycles. The summed E-state index contributed by atoms with van der Waals surface area (Å²) in [5.41, 5.74) is 3.05. The number of halogens is 4. The first-order valence-corrected chi connectivity index (χ1v) is 18.6. The lowest BCUT2D eigenvalue weighted by molar-refractivity contribution is 0.0755. The van der Waals surface area contributed by atoms with Crippen LogP contribution in [0, 0.1) is 36.1 Å². The van der Waals surface area contributed by atoms with Gasteiger partial charge in [0.05, 0.1) is 23.5 Å². The molecule has 2 heterocycles. The van der Waals surface area contributed by atoms with E-state index in [-0.39, 0.29) is 29.4 Å². The van der Waals surface area contributed by atoms with Crippen LogP contribution in [-0.2, 0) is 12.8 Å². The van der Waals surface area contributed by atoms with Gasteiger partial charge in [-0.3, -0.25) is 19.6 Å². The molecule has 8 nitrogen and oxygen atoms in total. The molecule has 0 aliphatic rings. The SMILES string of the molecule is CCCN(CCC)C(=O)c1cc(C)cc(C(=O)N[C@@H](Cc2cc(F)cc(F)c2)[C@H](O)c2ccccn2)c1.C[C@@H](Cc1cc(F)cc(F)c1)C(O)c1ccccn1. The van der Waals surface area contributed by atoms with Crippen molar-refractivity contribution in [1.82, 2.24) is 20.2 Å². The van der Waals surface area contributed by atoms with Crippen molar-refractivity contribution in [2.75, 3.05) is 13.1 Å². The number of nitrogens with one attached hydrogen (secondary N) is 1. The Balaban J connectivity index is 0.000000306. The molecule has 3 aromatic carbocycles. The van der Waals surface area contributed by atoms with Crippen LogP contribution in [0.5, 0.6) is 0 Å². The lowest BCUT2D eigenvalue weighted by Gasteiger charge is -2.25. The Morgan fingerprint density at radius 3 is 1.64 bits per heavy atom. The van der Waals surface area contributed by atoms with Gasteiger partial charge in [0.25, 0.3) is 11.8 Å². The van der Waals surface area contributed by atoms with Gasteiger partial charge in [0, 0.05) is 48.7 Å². The van der Waals surface area contributed by atoms with Gasteiger partial charge in [-0.25, -0.2) is 17.6 Å². The molecule has 296 valence electrons. The van der Waals surface area contributed by atoms with Crippen LogP contribution in [0.1, 0.15) is 94.6 Å². The zero-order valence-electron chi connectivity index (χ0n) is 31.9. The second-order valence-corrected chi connectivity index (χ2v) is 13.8. The van der Waals surface area contributed by atoms with Crippen LogP contribution in [0.25, 0.3) is 0 Å². The van der Waals surface area contributed by atoms with Crippen molar-refractivity contribution in [3.05, 3.63) is 166 Å². The Morgan fingerprint density at radius 2 is 1.16 bits per heavy atom. The third-order valence-corrected chi connectivity index (χ3v) is 8.94. The highest BCUT2D eigenvalue weighted by Gasteiger charge is 2.26. The molecule has 0 aliphatic carbocycles. The fraction of sp³-hybridized carbons (Fsp3) is 0.318. The minimum Gasteiger partial charge on any atom is -0.387 e. The maximum atomic E-state index is 13.8. The molecule has 5 aromatic rings. The van der Waals surface area contributed by atoms with E-state index in [2.05, 4.69) is 15.3 Å². The molecular weight excluding hydrogens is 724 g/mol. The van der Waals surface area contributed by atoms with Crippen molar-refractivity contribution in [3.63, 3.8) is 0 Å². The molecule has 4 atom stereocenters. The van der Waals surface area contributed by atoms with Crippen LogP contribution in [0.3, 0.4) is 0 Å². The minimum atomic E-state index is -1.24. The normalized spacial score (nSPS) is 13.1. The van der Waals surface area contributed by atoms with Crippen LogP contribution in [0.15, 0.2) is 103 Å². The van der Waals surface area contributed by atoms with Crippen molar-refractivity contribution in [2.45, 2.75) is 71.6 Å². The van der Waals surface area contributed by atoms with E-state index in [0.717, 1.165) is 42.7 Å². The molecule has 1 unspecified atom stereocenters. The summed E-state index contributed by atoms with van der Waals surface area (Å²) in [5, 5.41) is 24.0. The van der Waals surface area contributed by atoms with E-state index in [1.54, 1.807) is 66.6 Å². The van der Waals surface area contributed by atoms with Crippen molar-refractivity contribution in [1.29, 1.82) is 0 Å². The highest BCUT2D eigenvalue weighted by atomic mass is 19.1. The van der Waals surface area contributed by atoms with E-state index >= 15 is 0 Å². The second-order valence-electron chi connectivity index (χ2n) is 13.8. The number of aromatic nitrogens is 2. The van der Waals surface area contributed by atoms with Crippen molar-refractivity contribution >= 4 is 11.8 Å². The van der Waals surface area contributed by atoms with E-state index < -0.39 is 47.4 Å². The summed E-state index contributed by atoms with van der Waals surface area (Å²) < 4.78 is 53.8. The molecule has 0 radical (unpaired) electrons. The monoisotopic (exact) mass is 772 g/mol. The molecule has 12 heteroatoms. The highest BCUT2D eigenvalue weighted by Crippen LogP contribution is 2.25. The van der Waals surface area contributed by atoms with Crippen LogP contribution in [0.4, 0.5) is 17.6 Å². The zero-order valence-corrected chi connectivity index (χ0v) is 31.9. The average molecular weight is 773 g/mol. The summed E-state index contributed by atoms with van der Waals surface area (Å²) in [4.78, 5) is 36.5. The molecule has 0 spiro atoms. The fourth-order valence-corrected chi connectivity index (χ4v) is 6.36. The minimum absolute atomic E-state index is 0.0451. The molecule has 0 fully saturated rings. The first kappa shape index (κ1) is 43.3. The van der Waals surface area contributed by atoms with Gasteiger partial charge in [0.1, 0.15) is 29.4 Å². The number of nitrogens with zero attached hydrogens (tertiary/aromatic N) is 3. The molecule has 5 rings (SSSR count). The van der Waals surface area contributed by atoms with Gasteiger partial charge in [-0.05, 0) is 122 Å². The Kier molecular flexibility index (Phi) is 16.2. The number of carbonyl (C=O) groups is 2. The number of amides is 2. The van der Waals surface area contributed by atoms with E-state index in [4.69, 9.17) is 0 Å². The topological polar surface area (TPSA) is 116 Å². The number of hydrogen-bond acceptors (Lipinski definition) is 6. The number of hydrogen-bond donors (Lipinski definition) is 3. The lowest BCUT2D eigenvalue weighted by atomic mass is 9.93. The maximum Gasteiger partial charge on any atom is 0.253 e. The fourth-order valence-electron chi connectivity index (χ4n) is 6.36. The van der Waals surface area contributed by atoms with Crippen LogP contribution in [0.2, 0.25) is 0 Å². The number of aryl methyl sites for hydroxylation is 1. The molecule has 0 saturated heterocycles. The predicted molar refractivity (Wildman–Crippen MR) is 207 cm³/mol. The highest BCUT2D eigenvalue weighted by molar-refractivity contribution is 6.00. The Hall–Kier alpha value is -5.46. The third kappa shape index (κ3) is 12.8. The van der Waals surface area contributed by atoms with E-state index in [0.29, 0.717) is 42.0 Å². The summed E-state index contributed by atoms with van der Waals surface area (Å²) in [5.74, 6) is -3.56. The number of aliphatic hydroxyl groups is 2. The number of pyridine rings is 2. The van der Waals surface area contributed by atoms with Crippen molar-refractivity contribution in [2.24, 2.45) is 5.92 Å². The van der Waals surface area contributed by atoms with Crippen LogP contribution in [-0.4, -0.2) is 56.0 Å². The van der Waals surface area contributed by atoms with Gasteiger partial charge in [-0.15, -0.1) is 0 Å². The smallest absolute Gasteiger partial charge is 0.253 e. The van der Waals surface area contributed by atoms with Gasteiger partial charge in [0.2, 0.25) is 0 Å². The lowest BCUT2D eigenvalue weighted by Crippen LogP contribution is -2.41. The quantitative estimate of drug-likeness (QED) is 0.0924. The molecule has 0 saturated carbocycles. The van der Waals surface area contributed by atoms with Crippen LogP contribution < -0.4 is 5.32 Å². The zero-order chi connectivity index (χ0) is 40.8. The van der Waals surface area contributed by atoms with E-state index in [1.807, 2.05) is 20.8 Å². The average Bonchev–Trinajstić information content (AvgIpc) is 3.16. The molecule has 56 heavy (non-hydrogen) atoms. The summed E-state index contributed by atoms with van der Waals surface area (Å²) in [6.07, 6.45) is 3.09. The third-order valence-electron chi connectivity index (χ3n) is 8.94. The number of aliphatic hydroxyl groups excluding tert-OH is 2. The van der Waals surface area contributed by atoms with E-state index in [1.165, 1.54) is 24.4 Å². The molecule has 2 aromatic heterocycles. The molecular formula is C44H48F4N4O4. The van der Waals surface area contributed by atoms with Crippen molar-refractivity contribution < 1.29 is 37.4 Å². The summed E-state index contributed by atoms with van der Waals surface area (Å²) in [7, 11) is 0. The van der Waals surface area contributed by atoms with Gasteiger partial charge >= 0.3 is 0 Å². The Morgan fingerprint density at radius 1 is 0.679 bits per heavy atom.